The number of benzene rings is 1. The predicted molar refractivity (Wildman–Crippen MR) is 98.7 cm³/mol. The number of para-hydroxylation sites is 1. The topological polar surface area (TPSA) is 58.1 Å². The van der Waals surface area contributed by atoms with Crippen LogP contribution in [-0.2, 0) is 0 Å². The Morgan fingerprint density at radius 1 is 1.04 bits per heavy atom. The number of carbonyl (C=O) groups is 1. The molecule has 5 heteroatoms. The monoisotopic (exact) mass is 332 g/mol. The first-order valence-corrected chi connectivity index (χ1v) is 8.61. The van der Waals surface area contributed by atoms with Gasteiger partial charge in [0.05, 0.1) is 11.1 Å². The number of carbonyl (C=O) groups excluding carboxylic acids is 1. The Bertz CT molecular complexity index is 868. The third kappa shape index (κ3) is 3.31. The largest absolute Gasteiger partial charge is 0.371 e. The molecule has 1 fully saturated rings. The fourth-order valence-electron chi connectivity index (χ4n) is 3.39. The number of fused-ring (bicyclic) bond motifs is 1. The highest BCUT2D eigenvalue weighted by Gasteiger charge is 2.22. The van der Waals surface area contributed by atoms with Gasteiger partial charge < -0.3 is 10.2 Å². The van der Waals surface area contributed by atoms with Crippen molar-refractivity contribution in [2.75, 3.05) is 18.0 Å². The molecule has 1 aliphatic heterocycles. The number of hydrogen-bond acceptors (Lipinski definition) is 4. The molecule has 3 heterocycles. The Kier molecular flexibility index (Phi) is 4.29. The summed E-state index contributed by atoms with van der Waals surface area (Å²) in [7, 11) is 0. The summed E-state index contributed by atoms with van der Waals surface area (Å²) in [6, 6.07) is 14.1. The summed E-state index contributed by atoms with van der Waals surface area (Å²) in [5.74, 6) is -0.0408. The van der Waals surface area contributed by atoms with Crippen LogP contribution in [0.1, 0.15) is 23.2 Å². The molecule has 0 saturated carbocycles. The zero-order chi connectivity index (χ0) is 17.1. The molecule has 0 atom stereocenters. The van der Waals surface area contributed by atoms with Crippen LogP contribution >= 0.6 is 0 Å². The Morgan fingerprint density at radius 2 is 1.88 bits per heavy atom. The SMILES string of the molecule is O=C(NC1CCN(c2ccnc3ccccc23)CC1)c1cccnc1. The maximum Gasteiger partial charge on any atom is 0.253 e. The number of hydrogen-bond donors (Lipinski definition) is 1. The number of rotatable bonds is 3. The van der Waals surface area contributed by atoms with E-state index in [2.05, 4.69) is 32.3 Å². The average Bonchev–Trinajstić information content (AvgIpc) is 2.69. The number of piperidine rings is 1. The van der Waals surface area contributed by atoms with Crippen molar-refractivity contribution < 1.29 is 4.79 Å². The summed E-state index contributed by atoms with van der Waals surface area (Å²) in [6.45, 7) is 1.85. The van der Waals surface area contributed by atoms with Gasteiger partial charge in [0.2, 0.25) is 0 Å². The summed E-state index contributed by atoms with van der Waals surface area (Å²) in [4.78, 5) is 23.1. The molecule has 5 nitrogen and oxygen atoms in total. The molecule has 1 aliphatic rings. The minimum Gasteiger partial charge on any atom is -0.371 e. The van der Waals surface area contributed by atoms with Gasteiger partial charge in [0.25, 0.3) is 5.91 Å². The van der Waals surface area contributed by atoms with Crippen molar-refractivity contribution in [3.05, 3.63) is 66.6 Å². The first-order chi connectivity index (χ1) is 12.3. The number of amides is 1. The summed E-state index contributed by atoms with van der Waals surface area (Å²) >= 11 is 0. The average molecular weight is 332 g/mol. The van der Waals surface area contributed by atoms with Gasteiger partial charge in [-0.15, -0.1) is 0 Å². The van der Waals surface area contributed by atoms with Crippen LogP contribution in [0.2, 0.25) is 0 Å². The zero-order valence-electron chi connectivity index (χ0n) is 13.9. The van der Waals surface area contributed by atoms with E-state index in [0.717, 1.165) is 31.4 Å². The van der Waals surface area contributed by atoms with E-state index in [1.54, 1.807) is 24.5 Å². The van der Waals surface area contributed by atoms with Gasteiger partial charge in [-0.1, -0.05) is 18.2 Å². The molecule has 0 unspecified atom stereocenters. The third-order valence-corrected chi connectivity index (χ3v) is 4.72. The number of nitrogens with one attached hydrogen (secondary N) is 1. The van der Waals surface area contributed by atoms with E-state index in [-0.39, 0.29) is 11.9 Å². The van der Waals surface area contributed by atoms with E-state index in [4.69, 9.17) is 0 Å². The Balaban J connectivity index is 1.42. The van der Waals surface area contributed by atoms with Crippen LogP contribution in [0, 0.1) is 0 Å². The van der Waals surface area contributed by atoms with Crippen LogP contribution in [0.3, 0.4) is 0 Å². The lowest BCUT2D eigenvalue weighted by Crippen LogP contribution is -2.44. The number of anilines is 1. The van der Waals surface area contributed by atoms with Gasteiger partial charge in [-0.3, -0.25) is 14.8 Å². The normalized spacial score (nSPS) is 15.3. The number of pyridine rings is 2. The molecule has 126 valence electrons. The molecule has 1 N–H and O–H groups in total. The minimum atomic E-state index is -0.0408. The lowest BCUT2D eigenvalue weighted by molar-refractivity contribution is 0.0931. The van der Waals surface area contributed by atoms with Crippen LogP contribution in [0.4, 0.5) is 5.69 Å². The van der Waals surface area contributed by atoms with Crippen molar-refractivity contribution >= 4 is 22.5 Å². The highest BCUT2D eigenvalue weighted by atomic mass is 16.1. The standard InChI is InChI=1S/C20H20N4O/c25-20(15-4-3-10-21-14-15)23-16-8-12-24(13-9-16)19-7-11-22-18-6-2-1-5-17(18)19/h1-7,10-11,14,16H,8-9,12-13H2,(H,23,25). The van der Waals surface area contributed by atoms with Crippen molar-refractivity contribution in [1.29, 1.82) is 0 Å². The molecule has 4 rings (SSSR count). The molecule has 0 aliphatic carbocycles. The van der Waals surface area contributed by atoms with E-state index in [0.29, 0.717) is 5.56 Å². The maximum absolute atomic E-state index is 12.3. The van der Waals surface area contributed by atoms with Crippen LogP contribution in [-0.4, -0.2) is 35.0 Å². The van der Waals surface area contributed by atoms with Gasteiger partial charge in [0, 0.05) is 48.8 Å². The first-order valence-electron chi connectivity index (χ1n) is 8.61. The number of nitrogens with zero attached hydrogens (tertiary/aromatic N) is 3. The van der Waals surface area contributed by atoms with Gasteiger partial charge in [-0.2, -0.15) is 0 Å². The van der Waals surface area contributed by atoms with Gasteiger partial charge >= 0.3 is 0 Å². The number of aromatic nitrogens is 2. The van der Waals surface area contributed by atoms with Crippen LogP contribution < -0.4 is 10.2 Å². The summed E-state index contributed by atoms with van der Waals surface area (Å²) in [5, 5.41) is 4.31. The van der Waals surface area contributed by atoms with E-state index in [9.17, 15) is 4.79 Å². The fraction of sp³-hybridized carbons (Fsp3) is 0.250. The molecule has 1 saturated heterocycles. The zero-order valence-corrected chi connectivity index (χ0v) is 13.9. The van der Waals surface area contributed by atoms with Gasteiger partial charge in [-0.25, -0.2) is 0 Å². The van der Waals surface area contributed by atoms with Crippen molar-refractivity contribution in [1.82, 2.24) is 15.3 Å². The Labute approximate surface area is 146 Å². The molecule has 3 aromatic rings. The predicted octanol–water partition coefficient (Wildman–Crippen LogP) is 3.03. The Morgan fingerprint density at radius 3 is 2.68 bits per heavy atom. The second-order valence-electron chi connectivity index (χ2n) is 6.32. The maximum atomic E-state index is 12.3. The summed E-state index contributed by atoms with van der Waals surface area (Å²) < 4.78 is 0. The van der Waals surface area contributed by atoms with E-state index in [1.165, 1.54) is 11.1 Å². The van der Waals surface area contributed by atoms with Crippen molar-refractivity contribution in [2.24, 2.45) is 0 Å². The van der Waals surface area contributed by atoms with E-state index < -0.39 is 0 Å². The van der Waals surface area contributed by atoms with Crippen molar-refractivity contribution in [3.8, 4) is 0 Å². The van der Waals surface area contributed by atoms with Crippen molar-refractivity contribution in [3.63, 3.8) is 0 Å². The Hall–Kier alpha value is -2.95. The molecule has 1 amide bonds. The lowest BCUT2D eigenvalue weighted by Gasteiger charge is -2.34. The molecular weight excluding hydrogens is 312 g/mol. The summed E-state index contributed by atoms with van der Waals surface area (Å²) in [6.07, 6.45) is 7.01. The molecular formula is C20H20N4O. The van der Waals surface area contributed by atoms with Crippen LogP contribution in [0.15, 0.2) is 61.1 Å². The van der Waals surface area contributed by atoms with Gasteiger partial charge in [-0.05, 0) is 37.1 Å². The molecule has 1 aromatic carbocycles. The van der Waals surface area contributed by atoms with E-state index >= 15 is 0 Å². The van der Waals surface area contributed by atoms with E-state index in [1.807, 2.05) is 24.4 Å². The molecule has 0 radical (unpaired) electrons. The highest BCUT2D eigenvalue weighted by molar-refractivity contribution is 5.94. The van der Waals surface area contributed by atoms with Crippen LogP contribution in [0.25, 0.3) is 10.9 Å². The quantitative estimate of drug-likeness (QED) is 0.801. The molecule has 25 heavy (non-hydrogen) atoms. The molecule has 2 aromatic heterocycles. The second kappa shape index (κ2) is 6.89. The van der Waals surface area contributed by atoms with Gasteiger partial charge in [0.1, 0.15) is 0 Å². The smallest absolute Gasteiger partial charge is 0.253 e. The van der Waals surface area contributed by atoms with Crippen LogP contribution in [0.5, 0.6) is 0 Å². The third-order valence-electron chi connectivity index (χ3n) is 4.72. The van der Waals surface area contributed by atoms with Crippen molar-refractivity contribution in [2.45, 2.75) is 18.9 Å². The minimum absolute atomic E-state index is 0.0408. The summed E-state index contributed by atoms with van der Waals surface area (Å²) in [5.41, 5.74) is 2.86. The molecule has 0 spiro atoms. The van der Waals surface area contributed by atoms with Gasteiger partial charge in [0.15, 0.2) is 0 Å². The molecule has 0 bridgehead atoms. The highest BCUT2D eigenvalue weighted by Crippen LogP contribution is 2.27. The second-order valence-corrected chi connectivity index (χ2v) is 6.32. The first kappa shape index (κ1) is 15.6. The lowest BCUT2D eigenvalue weighted by atomic mass is 10.0. The fourth-order valence-corrected chi connectivity index (χ4v) is 3.39.